The molecule has 0 aromatic rings. The van der Waals surface area contributed by atoms with E-state index in [0.717, 1.165) is 12.8 Å². The maximum Gasteiger partial charge on any atom is 0.345 e. The highest BCUT2D eigenvalue weighted by Crippen LogP contribution is 2.22. The van der Waals surface area contributed by atoms with E-state index in [1.807, 2.05) is 0 Å². The van der Waals surface area contributed by atoms with Crippen molar-refractivity contribution in [1.29, 1.82) is 0 Å². The second-order valence-electron chi connectivity index (χ2n) is 3.48. The normalized spacial score (nSPS) is 28.3. The second-order valence-corrected chi connectivity index (χ2v) is 3.48. The molecule has 0 aromatic carbocycles. The molecule has 1 atom stereocenters. The minimum absolute atomic E-state index is 0.173. The smallest absolute Gasteiger partial charge is 0.345 e. The first-order valence-electron chi connectivity index (χ1n) is 4.95. The summed E-state index contributed by atoms with van der Waals surface area (Å²) >= 11 is 0. The van der Waals surface area contributed by atoms with Gasteiger partial charge in [0.1, 0.15) is 0 Å². The van der Waals surface area contributed by atoms with Crippen LogP contribution in [0.5, 0.6) is 0 Å². The zero-order chi connectivity index (χ0) is 10.6. The third-order valence-corrected chi connectivity index (χ3v) is 2.39. The standard InChI is InChI=1S/C10H16O4/c1-3-13-9(12)10(2)8(11)6-4-5-7-14-10/h3-7H2,1-2H3. The highest BCUT2D eigenvalue weighted by Gasteiger charge is 2.44. The Hall–Kier alpha value is -0.900. The van der Waals surface area contributed by atoms with Gasteiger partial charge in [0.15, 0.2) is 5.78 Å². The molecular formula is C10H16O4. The lowest BCUT2D eigenvalue weighted by molar-refractivity contribution is -0.173. The van der Waals surface area contributed by atoms with Gasteiger partial charge in [-0.25, -0.2) is 4.79 Å². The molecule has 1 rings (SSSR count). The van der Waals surface area contributed by atoms with Crippen LogP contribution in [0.3, 0.4) is 0 Å². The van der Waals surface area contributed by atoms with E-state index in [-0.39, 0.29) is 12.4 Å². The van der Waals surface area contributed by atoms with Crippen molar-refractivity contribution in [1.82, 2.24) is 0 Å². The largest absolute Gasteiger partial charge is 0.464 e. The number of ether oxygens (including phenoxy) is 2. The van der Waals surface area contributed by atoms with E-state index < -0.39 is 11.6 Å². The van der Waals surface area contributed by atoms with Crippen molar-refractivity contribution in [2.24, 2.45) is 0 Å². The lowest BCUT2D eigenvalue weighted by atomic mass is 9.98. The Balaban J connectivity index is 2.76. The molecule has 80 valence electrons. The molecule has 0 aliphatic carbocycles. The minimum Gasteiger partial charge on any atom is -0.464 e. The zero-order valence-corrected chi connectivity index (χ0v) is 8.67. The van der Waals surface area contributed by atoms with Crippen molar-refractivity contribution in [3.05, 3.63) is 0 Å². The summed E-state index contributed by atoms with van der Waals surface area (Å²) in [7, 11) is 0. The molecule has 0 radical (unpaired) electrons. The summed E-state index contributed by atoms with van der Waals surface area (Å²) in [5.74, 6) is -0.736. The molecule has 1 aliphatic rings. The molecule has 4 heteroatoms. The predicted octanol–water partition coefficient (Wildman–Crippen LogP) is 1.08. The lowest BCUT2D eigenvalue weighted by Gasteiger charge is -2.23. The summed E-state index contributed by atoms with van der Waals surface area (Å²) in [4.78, 5) is 23.1. The van der Waals surface area contributed by atoms with Gasteiger partial charge in [-0.1, -0.05) is 0 Å². The van der Waals surface area contributed by atoms with Crippen LogP contribution in [-0.4, -0.2) is 30.6 Å². The summed E-state index contributed by atoms with van der Waals surface area (Å²) in [5.41, 5.74) is -1.37. The molecular weight excluding hydrogens is 184 g/mol. The maximum atomic E-state index is 11.6. The number of hydrogen-bond acceptors (Lipinski definition) is 4. The van der Waals surface area contributed by atoms with Gasteiger partial charge in [0, 0.05) is 13.0 Å². The van der Waals surface area contributed by atoms with Gasteiger partial charge in [-0.2, -0.15) is 0 Å². The molecule has 1 heterocycles. The monoisotopic (exact) mass is 200 g/mol. The molecule has 0 spiro atoms. The lowest BCUT2D eigenvalue weighted by Crippen LogP contribution is -2.46. The predicted molar refractivity (Wildman–Crippen MR) is 49.8 cm³/mol. The molecule has 1 unspecified atom stereocenters. The molecule has 1 aliphatic heterocycles. The number of esters is 1. The van der Waals surface area contributed by atoms with E-state index in [9.17, 15) is 9.59 Å². The average Bonchev–Trinajstić information content (AvgIpc) is 2.31. The SMILES string of the molecule is CCOC(=O)C1(C)OCCCCC1=O. The molecule has 1 saturated heterocycles. The number of Topliss-reactive ketones (excluding diaryl/α,β-unsaturated/α-hetero) is 1. The molecule has 0 bridgehead atoms. The van der Waals surface area contributed by atoms with Gasteiger partial charge >= 0.3 is 5.97 Å². The fourth-order valence-corrected chi connectivity index (χ4v) is 1.42. The Kier molecular flexibility index (Phi) is 3.63. The van der Waals surface area contributed by atoms with Crippen molar-refractivity contribution >= 4 is 11.8 Å². The van der Waals surface area contributed by atoms with Gasteiger partial charge in [0.2, 0.25) is 5.60 Å². The van der Waals surface area contributed by atoms with Crippen LogP contribution in [0.4, 0.5) is 0 Å². The first-order valence-corrected chi connectivity index (χ1v) is 4.95. The van der Waals surface area contributed by atoms with Crippen LogP contribution < -0.4 is 0 Å². The van der Waals surface area contributed by atoms with E-state index in [0.29, 0.717) is 13.0 Å². The molecule has 1 fully saturated rings. The van der Waals surface area contributed by atoms with Gasteiger partial charge in [-0.3, -0.25) is 4.79 Å². The fraction of sp³-hybridized carbons (Fsp3) is 0.800. The number of ketones is 1. The van der Waals surface area contributed by atoms with Crippen LogP contribution in [0.2, 0.25) is 0 Å². The van der Waals surface area contributed by atoms with Crippen molar-refractivity contribution in [2.75, 3.05) is 13.2 Å². The highest BCUT2D eigenvalue weighted by atomic mass is 16.6. The summed E-state index contributed by atoms with van der Waals surface area (Å²) in [5, 5.41) is 0. The summed E-state index contributed by atoms with van der Waals surface area (Å²) < 4.78 is 10.1. The van der Waals surface area contributed by atoms with Gasteiger partial charge in [0.05, 0.1) is 6.61 Å². The average molecular weight is 200 g/mol. The van der Waals surface area contributed by atoms with Crippen molar-refractivity contribution in [3.63, 3.8) is 0 Å². The van der Waals surface area contributed by atoms with E-state index in [2.05, 4.69) is 0 Å². The fourth-order valence-electron chi connectivity index (χ4n) is 1.42. The summed E-state index contributed by atoms with van der Waals surface area (Å²) in [6.45, 7) is 3.92. The van der Waals surface area contributed by atoms with E-state index >= 15 is 0 Å². The van der Waals surface area contributed by atoms with Gasteiger partial charge in [-0.05, 0) is 26.7 Å². The molecule has 0 amide bonds. The Morgan fingerprint density at radius 1 is 1.57 bits per heavy atom. The first kappa shape index (κ1) is 11.2. The van der Waals surface area contributed by atoms with Crippen molar-refractivity contribution in [2.45, 2.75) is 38.7 Å². The quantitative estimate of drug-likeness (QED) is 0.494. The van der Waals surface area contributed by atoms with Crippen molar-refractivity contribution in [3.8, 4) is 0 Å². The van der Waals surface area contributed by atoms with Crippen LogP contribution in [0, 0.1) is 0 Å². The van der Waals surface area contributed by atoms with Crippen molar-refractivity contribution < 1.29 is 19.1 Å². The Labute approximate surface area is 83.6 Å². The van der Waals surface area contributed by atoms with Crippen LogP contribution in [0.25, 0.3) is 0 Å². The minimum atomic E-state index is -1.37. The summed E-state index contributed by atoms with van der Waals surface area (Å²) in [6, 6.07) is 0. The molecule has 4 nitrogen and oxygen atoms in total. The first-order chi connectivity index (χ1) is 6.61. The van der Waals surface area contributed by atoms with Gasteiger partial charge < -0.3 is 9.47 Å². The van der Waals surface area contributed by atoms with Gasteiger partial charge in [0.25, 0.3) is 0 Å². The third kappa shape index (κ3) is 2.12. The van der Waals surface area contributed by atoms with Crippen LogP contribution in [-0.2, 0) is 19.1 Å². The van der Waals surface area contributed by atoms with E-state index in [4.69, 9.17) is 9.47 Å². The van der Waals surface area contributed by atoms with Gasteiger partial charge in [-0.15, -0.1) is 0 Å². The number of hydrogen-bond donors (Lipinski definition) is 0. The Morgan fingerprint density at radius 2 is 2.29 bits per heavy atom. The topological polar surface area (TPSA) is 52.6 Å². The number of rotatable bonds is 2. The third-order valence-electron chi connectivity index (χ3n) is 2.39. The number of carbonyl (C=O) groups excluding carboxylic acids is 2. The van der Waals surface area contributed by atoms with E-state index in [1.165, 1.54) is 6.92 Å². The van der Waals surface area contributed by atoms with Crippen LogP contribution in [0.1, 0.15) is 33.1 Å². The Morgan fingerprint density at radius 3 is 2.93 bits per heavy atom. The molecule has 0 aromatic heterocycles. The summed E-state index contributed by atoms with van der Waals surface area (Å²) in [6.07, 6.45) is 2.00. The van der Waals surface area contributed by atoms with Crippen LogP contribution >= 0.6 is 0 Å². The molecule has 0 saturated carbocycles. The molecule has 0 N–H and O–H groups in total. The van der Waals surface area contributed by atoms with E-state index in [1.54, 1.807) is 6.92 Å². The number of carbonyl (C=O) groups is 2. The molecule has 14 heavy (non-hydrogen) atoms. The second kappa shape index (κ2) is 4.55. The Bertz CT molecular complexity index is 236. The zero-order valence-electron chi connectivity index (χ0n) is 8.67. The highest BCUT2D eigenvalue weighted by molar-refractivity contribution is 6.06. The van der Waals surface area contributed by atoms with Crippen LogP contribution in [0.15, 0.2) is 0 Å². The maximum absolute atomic E-state index is 11.6.